The summed E-state index contributed by atoms with van der Waals surface area (Å²) >= 11 is 0. The maximum atomic E-state index is 6.24. The molecule has 11 aromatic rings. The number of para-hydroxylation sites is 1. The lowest BCUT2D eigenvalue weighted by molar-refractivity contribution is 0.669. The molecule has 0 unspecified atom stereocenters. The molecule has 2 heteroatoms. The fourth-order valence-electron chi connectivity index (χ4n) is 8.19. The maximum Gasteiger partial charge on any atom is 0.136 e. The quantitative estimate of drug-likeness (QED) is 0.153. The van der Waals surface area contributed by atoms with Gasteiger partial charge in [-0.15, -0.1) is 0 Å². The Morgan fingerprint density at radius 1 is 0.364 bits per heavy atom. The second kappa shape index (κ2) is 7.94. The third-order valence-corrected chi connectivity index (χ3v) is 9.89. The predicted molar refractivity (Wildman–Crippen MR) is 186 cm³/mol. The Morgan fingerprint density at radius 2 is 0.977 bits per heavy atom. The molecule has 0 aliphatic rings. The minimum absolute atomic E-state index is 0.918. The highest BCUT2D eigenvalue weighted by Crippen LogP contribution is 2.49. The minimum atomic E-state index is 0.918. The summed E-state index contributed by atoms with van der Waals surface area (Å²) in [7, 11) is 0. The molecular weight excluding hydrogens is 534 g/mol. The molecule has 0 radical (unpaired) electrons. The summed E-state index contributed by atoms with van der Waals surface area (Å²) in [5, 5.41) is 15.7. The van der Waals surface area contributed by atoms with E-state index in [1.165, 1.54) is 81.4 Å². The van der Waals surface area contributed by atoms with Gasteiger partial charge in [0.15, 0.2) is 0 Å². The molecule has 0 aliphatic carbocycles. The van der Waals surface area contributed by atoms with Crippen LogP contribution in [0.1, 0.15) is 0 Å². The standard InChI is InChI=1S/C42H23NO/c1-2-12-28-27(11-1)29-15-6-16-30-31-17-7-18-34-40(31)42-35(22-21-32(28)41(42)39(29)30)43(34)25-10-5-9-24(23-25)26-14-8-20-37-38(26)33-13-3-4-19-36(33)44-37/h1-23H. The van der Waals surface area contributed by atoms with Crippen molar-refractivity contribution in [3.8, 4) is 16.8 Å². The van der Waals surface area contributed by atoms with Crippen molar-refractivity contribution in [1.29, 1.82) is 0 Å². The fraction of sp³-hybridized carbons (Fsp3) is 0. The van der Waals surface area contributed by atoms with E-state index in [0.29, 0.717) is 0 Å². The van der Waals surface area contributed by atoms with Crippen molar-refractivity contribution in [2.45, 2.75) is 0 Å². The highest BCUT2D eigenvalue weighted by atomic mass is 16.3. The van der Waals surface area contributed by atoms with E-state index in [2.05, 4.69) is 138 Å². The molecule has 44 heavy (non-hydrogen) atoms. The van der Waals surface area contributed by atoms with Gasteiger partial charge >= 0.3 is 0 Å². The summed E-state index contributed by atoms with van der Waals surface area (Å²) in [6.45, 7) is 0. The van der Waals surface area contributed by atoms with E-state index in [9.17, 15) is 0 Å². The number of rotatable bonds is 2. The van der Waals surface area contributed by atoms with Crippen molar-refractivity contribution < 1.29 is 4.42 Å². The van der Waals surface area contributed by atoms with Gasteiger partial charge in [0.05, 0.1) is 11.0 Å². The average molecular weight is 558 g/mol. The number of hydrogen-bond donors (Lipinski definition) is 0. The molecule has 202 valence electrons. The molecule has 0 fully saturated rings. The lowest BCUT2D eigenvalue weighted by Gasteiger charge is -2.16. The van der Waals surface area contributed by atoms with Crippen LogP contribution in [0.25, 0.3) is 104 Å². The smallest absolute Gasteiger partial charge is 0.136 e. The number of furan rings is 1. The van der Waals surface area contributed by atoms with Crippen LogP contribution < -0.4 is 0 Å². The van der Waals surface area contributed by atoms with Gasteiger partial charge in [0.2, 0.25) is 0 Å². The van der Waals surface area contributed by atoms with Crippen LogP contribution in [0, 0.1) is 0 Å². The van der Waals surface area contributed by atoms with Crippen LogP contribution in [-0.4, -0.2) is 4.57 Å². The second-order valence-electron chi connectivity index (χ2n) is 12.0. The Bertz CT molecular complexity index is 2940. The zero-order valence-corrected chi connectivity index (χ0v) is 23.6. The number of hydrogen-bond acceptors (Lipinski definition) is 1. The van der Waals surface area contributed by atoms with Gasteiger partial charge in [0.1, 0.15) is 11.2 Å². The molecule has 11 rings (SSSR count). The molecule has 9 aromatic carbocycles. The third kappa shape index (κ3) is 2.68. The second-order valence-corrected chi connectivity index (χ2v) is 12.0. The van der Waals surface area contributed by atoms with E-state index >= 15 is 0 Å². The highest BCUT2D eigenvalue weighted by molar-refractivity contribution is 6.44. The topological polar surface area (TPSA) is 18.1 Å². The number of benzene rings is 9. The number of nitrogens with zero attached hydrogens (tertiary/aromatic N) is 1. The normalized spacial score (nSPS) is 12.5. The van der Waals surface area contributed by atoms with Crippen molar-refractivity contribution in [1.82, 2.24) is 4.57 Å². The molecule has 0 saturated heterocycles. The molecular formula is C42H23NO. The molecule has 0 N–H and O–H groups in total. The Labute approximate surface area is 251 Å². The van der Waals surface area contributed by atoms with Crippen LogP contribution in [-0.2, 0) is 0 Å². The van der Waals surface area contributed by atoms with Crippen LogP contribution in [0.5, 0.6) is 0 Å². The monoisotopic (exact) mass is 557 g/mol. The Kier molecular flexibility index (Phi) is 4.10. The zero-order valence-electron chi connectivity index (χ0n) is 23.6. The van der Waals surface area contributed by atoms with Crippen LogP contribution in [0.2, 0.25) is 0 Å². The summed E-state index contributed by atoms with van der Waals surface area (Å²) < 4.78 is 8.71. The Balaban J connectivity index is 1.28. The largest absolute Gasteiger partial charge is 0.456 e. The molecule has 2 aromatic heterocycles. The minimum Gasteiger partial charge on any atom is -0.456 e. The van der Waals surface area contributed by atoms with Crippen molar-refractivity contribution in [2.24, 2.45) is 0 Å². The van der Waals surface area contributed by atoms with Gasteiger partial charge in [-0.25, -0.2) is 0 Å². The van der Waals surface area contributed by atoms with Crippen molar-refractivity contribution in [2.75, 3.05) is 0 Å². The third-order valence-electron chi connectivity index (χ3n) is 9.89. The molecule has 0 atom stereocenters. The summed E-state index contributed by atoms with van der Waals surface area (Å²) in [5.41, 5.74) is 7.85. The van der Waals surface area contributed by atoms with Crippen LogP contribution in [0.4, 0.5) is 0 Å². The molecule has 0 amide bonds. The van der Waals surface area contributed by atoms with Crippen molar-refractivity contribution >= 4 is 86.8 Å². The first kappa shape index (κ1) is 22.7. The van der Waals surface area contributed by atoms with Gasteiger partial charge in [-0.1, -0.05) is 103 Å². The molecule has 2 nitrogen and oxygen atoms in total. The molecule has 0 aliphatic heterocycles. The van der Waals surface area contributed by atoms with E-state index in [1.807, 2.05) is 6.07 Å². The van der Waals surface area contributed by atoms with Crippen molar-refractivity contribution in [3.05, 3.63) is 140 Å². The van der Waals surface area contributed by atoms with Gasteiger partial charge in [0, 0.05) is 32.6 Å². The Morgan fingerprint density at radius 3 is 1.84 bits per heavy atom. The van der Waals surface area contributed by atoms with E-state index in [0.717, 1.165) is 22.2 Å². The zero-order chi connectivity index (χ0) is 28.5. The molecule has 0 saturated carbocycles. The van der Waals surface area contributed by atoms with E-state index in [4.69, 9.17) is 4.42 Å². The summed E-state index contributed by atoms with van der Waals surface area (Å²) in [5.74, 6) is 0. The van der Waals surface area contributed by atoms with Crippen LogP contribution >= 0.6 is 0 Å². The van der Waals surface area contributed by atoms with Gasteiger partial charge in [-0.05, 0) is 85.2 Å². The summed E-state index contributed by atoms with van der Waals surface area (Å²) in [4.78, 5) is 0. The average Bonchev–Trinajstić information content (AvgIpc) is 3.64. The first-order chi connectivity index (χ1) is 21.8. The predicted octanol–water partition coefficient (Wildman–Crippen LogP) is 11.8. The maximum absolute atomic E-state index is 6.24. The van der Waals surface area contributed by atoms with Gasteiger partial charge in [-0.2, -0.15) is 0 Å². The SMILES string of the molecule is c1cc(-c2cccc3oc4ccccc4c23)cc(-n2c3cccc4c5cccc6c7ccccc7c7ccc2c(c7c65)c43)c1. The van der Waals surface area contributed by atoms with E-state index in [1.54, 1.807) is 0 Å². The van der Waals surface area contributed by atoms with Gasteiger partial charge < -0.3 is 8.98 Å². The first-order valence-corrected chi connectivity index (χ1v) is 15.2. The van der Waals surface area contributed by atoms with E-state index in [-0.39, 0.29) is 0 Å². The van der Waals surface area contributed by atoms with E-state index < -0.39 is 0 Å². The summed E-state index contributed by atoms with van der Waals surface area (Å²) in [6.07, 6.45) is 0. The lowest BCUT2D eigenvalue weighted by atomic mass is 9.86. The first-order valence-electron chi connectivity index (χ1n) is 15.2. The van der Waals surface area contributed by atoms with Gasteiger partial charge in [-0.3, -0.25) is 0 Å². The highest BCUT2D eigenvalue weighted by Gasteiger charge is 2.23. The Hall–Kier alpha value is -5.86. The summed E-state index contributed by atoms with van der Waals surface area (Å²) in [6, 6.07) is 50.9. The molecule has 2 heterocycles. The number of aromatic nitrogens is 1. The van der Waals surface area contributed by atoms with Crippen LogP contribution in [0.15, 0.2) is 144 Å². The lowest BCUT2D eigenvalue weighted by Crippen LogP contribution is -1.94. The van der Waals surface area contributed by atoms with Crippen molar-refractivity contribution in [3.63, 3.8) is 0 Å². The molecule has 0 bridgehead atoms. The molecule has 0 spiro atoms. The van der Waals surface area contributed by atoms with Crippen LogP contribution in [0.3, 0.4) is 0 Å². The van der Waals surface area contributed by atoms with Gasteiger partial charge in [0.25, 0.3) is 0 Å². The number of fused-ring (bicyclic) bond motifs is 7. The fourth-order valence-corrected chi connectivity index (χ4v) is 8.19.